The first kappa shape index (κ1) is 16.3. The van der Waals surface area contributed by atoms with Crippen molar-refractivity contribution in [3.63, 3.8) is 0 Å². The van der Waals surface area contributed by atoms with Crippen molar-refractivity contribution < 1.29 is 0 Å². The quantitative estimate of drug-likeness (QED) is 0.504. The normalized spacial score (nSPS) is 12.4. The molecular formula is C14H12Br2Cl2N2. The van der Waals surface area contributed by atoms with Gasteiger partial charge in [-0.05, 0) is 41.8 Å². The molecule has 106 valence electrons. The summed E-state index contributed by atoms with van der Waals surface area (Å²) in [7, 11) is 0. The Morgan fingerprint density at radius 3 is 2.45 bits per heavy atom. The molecule has 0 aliphatic rings. The lowest BCUT2D eigenvalue weighted by atomic mass is 9.99. The molecule has 0 amide bonds. The van der Waals surface area contributed by atoms with E-state index in [2.05, 4.69) is 37.3 Å². The standard InChI is InChI=1S/C14H12Br2Cl2N2/c15-9-2-4-11(12(16)6-9)14(20-19)5-8-1-3-10(17)7-13(8)18/h1-4,6-7,14,20H,5,19H2. The van der Waals surface area contributed by atoms with Crippen LogP contribution >= 0.6 is 55.1 Å². The molecule has 0 saturated heterocycles. The molecule has 20 heavy (non-hydrogen) atoms. The van der Waals surface area contributed by atoms with Gasteiger partial charge in [-0.2, -0.15) is 0 Å². The molecule has 0 bridgehead atoms. The summed E-state index contributed by atoms with van der Waals surface area (Å²) in [5.41, 5.74) is 4.90. The van der Waals surface area contributed by atoms with Crippen molar-refractivity contribution in [2.75, 3.05) is 0 Å². The van der Waals surface area contributed by atoms with Crippen molar-refractivity contribution in [1.29, 1.82) is 0 Å². The van der Waals surface area contributed by atoms with E-state index >= 15 is 0 Å². The molecule has 0 saturated carbocycles. The van der Waals surface area contributed by atoms with E-state index in [1.807, 2.05) is 30.3 Å². The second-order valence-corrected chi connectivity index (χ2v) is 6.94. The van der Waals surface area contributed by atoms with Gasteiger partial charge < -0.3 is 0 Å². The lowest BCUT2D eigenvalue weighted by molar-refractivity contribution is 0.550. The maximum Gasteiger partial charge on any atom is 0.0512 e. The molecule has 2 rings (SSSR count). The molecule has 2 aromatic carbocycles. The molecule has 0 aliphatic heterocycles. The number of nitrogens with one attached hydrogen (secondary N) is 1. The fourth-order valence-electron chi connectivity index (χ4n) is 1.95. The Kier molecular flexibility index (Phi) is 5.90. The van der Waals surface area contributed by atoms with Gasteiger partial charge in [0.2, 0.25) is 0 Å². The first-order valence-corrected chi connectivity index (χ1v) is 8.20. The van der Waals surface area contributed by atoms with Crippen LogP contribution in [0.5, 0.6) is 0 Å². The van der Waals surface area contributed by atoms with E-state index < -0.39 is 0 Å². The number of rotatable bonds is 4. The lowest BCUT2D eigenvalue weighted by Crippen LogP contribution is -2.30. The summed E-state index contributed by atoms with van der Waals surface area (Å²) in [5, 5.41) is 1.27. The second kappa shape index (κ2) is 7.25. The summed E-state index contributed by atoms with van der Waals surface area (Å²) in [6.45, 7) is 0. The number of nitrogens with two attached hydrogens (primary N) is 1. The molecule has 1 unspecified atom stereocenters. The van der Waals surface area contributed by atoms with Crippen LogP contribution in [-0.4, -0.2) is 0 Å². The van der Waals surface area contributed by atoms with E-state index in [-0.39, 0.29) is 6.04 Å². The van der Waals surface area contributed by atoms with Crippen molar-refractivity contribution in [2.45, 2.75) is 12.5 Å². The third-order valence-electron chi connectivity index (χ3n) is 2.98. The Hall–Kier alpha value is -0.100. The van der Waals surface area contributed by atoms with Gasteiger partial charge in [-0.1, -0.05) is 67.2 Å². The van der Waals surface area contributed by atoms with E-state index in [0.29, 0.717) is 16.5 Å². The summed E-state index contributed by atoms with van der Waals surface area (Å²) >= 11 is 19.1. The fourth-order valence-corrected chi connectivity index (χ4v) is 3.76. The molecular weight excluding hydrogens is 427 g/mol. The minimum absolute atomic E-state index is 0.0452. The van der Waals surface area contributed by atoms with Gasteiger partial charge in [0.25, 0.3) is 0 Å². The minimum atomic E-state index is -0.0452. The molecule has 1 atom stereocenters. The van der Waals surface area contributed by atoms with E-state index in [9.17, 15) is 0 Å². The highest BCUT2D eigenvalue weighted by Crippen LogP contribution is 2.31. The molecule has 0 aromatic heterocycles. The second-order valence-electron chi connectivity index (χ2n) is 4.32. The zero-order valence-electron chi connectivity index (χ0n) is 10.3. The monoisotopic (exact) mass is 436 g/mol. The van der Waals surface area contributed by atoms with Crippen molar-refractivity contribution >= 4 is 55.1 Å². The van der Waals surface area contributed by atoms with Gasteiger partial charge in [-0.25, -0.2) is 0 Å². The van der Waals surface area contributed by atoms with Crippen molar-refractivity contribution in [1.82, 2.24) is 5.43 Å². The fraction of sp³-hybridized carbons (Fsp3) is 0.143. The number of hydrazine groups is 1. The molecule has 6 heteroatoms. The smallest absolute Gasteiger partial charge is 0.0512 e. The summed E-state index contributed by atoms with van der Waals surface area (Å²) in [6.07, 6.45) is 0.673. The van der Waals surface area contributed by atoms with Crippen LogP contribution in [0.2, 0.25) is 10.0 Å². The van der Waals surface area contributed by atoms with E-state index in [1.54, 1.807) is 6.07 Å². The molecule has 2 nitrogen and oxygen atoms in total. The Balaban J connectivity index is 2.28. The highest BCUT2D eigenvalue weighted by Gasteiger charge is 2.15. The van der Waals surface area contributed by atoms with Gasteiger partial charge >= 0.3 is 0 Å². The number of hydrogen-bond acceptors (Lipinski definition) is 2. The molecule has 0 radical (unpaired) electrons. The van der Waals surface area contributed by atoms with Crippen LogP contribution in [0.1, 0.15) is 17.2 Å². The average Bonchev–Trinajstić information content (AvgIpc) is 2.39. The Morgan fingerprint density at radius 2 is 1.85 bits per heavy atom. The molecule has 0 aliphatic carbocycles. The number of hydrogen-bond donors (Lipinski definition) is 2. The number of benzene rings is 2. The molecule has 0 spiro atoms. The zero-order valence-corrected chi connectivity index (χ0v) is 15.0. The van der Waals surface area contributed by atoms with Crippen LogP contribution in [0, 0.1) is 0 Å². The molecule has 3 N–H and O–H groups in total. The number of halogens is 4. The van der Waals surface area contributed by atoms with Crippen LogP contribution in [0.3, 0.4) is 0 Å². The maximum absolute atomic E-state index is 6.21. The van der Waals surface area contributed by atoms with Gasteiger partial charge in [0.15, 0.2) is 0 Å². The zero-order chi connectivity index (χ0) is 14.7. The van der Waals surface area contributed by atoms with Crippen molar-refractivity contribution in [2.24, 2.45) is 5.84 Å². The third-order valence-corrected chi connectivity index (χ3v) is 4.75. The highest BCUT2D eigenvalue weighted by atomic mass is 79.9. The van der Waals surface area contributed by atoms with Crippen LogP contribution in [0.25, 0.3) is 0 Å². The molecule has 0 fully saturated rings. The van der Waals surface area contributed by atoms with Crippen LogP contribution in [-0.2, 0) is 6.42 Å². The Bertz CT molecular complexity index is 620. The Morgan fingerprint density at radius 1 is 1.10 bits per heavy atom. The van der Waals surface area contributed by atoms with Gasteiger partial charge in [0, 0.05) is 19.0 Å². The topological polar surface area (TPSA) is 38.0 Å². The SMILES string of the molecule is NNC(Cc1ccc(Cl)cc1Cl)c1ccc(Br)cc1Br. The Labute approximate surface area is 144 Å². The summed E-state index contributed by atoms with van der Waals surface area (Å²) in [5.74, 6) is 5.69. The lowest BCUT2D eigenvalue weighted by Gasteiger charge is -2.19. The molecule has 2 aromatic rings. The van der Waals surface area contributed by atoms with Gasteiger partial charge in [0.05, 0.1) is 6.04 Å². The summed E-state index contributed by atoms with van der Waals surface area (Å²) in [6, 6.07) is 11.4. The van der Waals surface area contributed by atoms with Gasteiger partial charge in [0.1, 0.15) is 0 Å². The predicted octanol–water partition coefficient (Wildman–Crippen LogP) is 5.27. The van der Waals surface area contributed by atoms with Crippen LogP contribution < -0.4 is 11.3 Å². The minimum Gasteiger partial charge on any atom is -0.271 e. The first-order chi connectivity index (χ1) is 9.51. The van der Waals surface area contributed by atoms with E-state index in [1.165, 1.54) is 0 Å². The maximum atomic E-state index is 6.21. The summed E-state index contributed by atoms with van der Waals surface area (Å²) < 4.78 is 1.99. The third kappa shape index (κ3) is 3.97. The largest absolute Gasteiger partial charge is 0.271 e. The van der Waals surface area contributed by atoms with Gasteiger partial charge in [-0.15, -0.1) is 0 Å². The summed E-state index contributed by atoms with van der Waals surface area (Å²) in [4.78, 5) is 0. The van der Waals surface area contributed by atoms with Crippen molar-refractivity contribution in [3.8, 4) is 0 Å². The van der Waals surface area contributed by atoms with E-state index in [0.717, 1.165) is 20.1 Å². The average molecular weight is 439 g/mol. The van der Waals surface area contributed by atoms with Gasteiger partial charge in [-0.3, -0.25) is 11.3 Å². The highest BCUT2D eigenvalue weighted by molar-refractivity contribution is 9.11. The van der Waals surface area contributed by atoms with E-state index in [4.69, 9.17) is 29.0 Å². The first-order valence-electron chi connectivity index (χ1n) is 5.86. The van der Waals surface area contributed by atoms with Crippen molar-refractivity contribution in [3.05, 3.63) is 66.5 Å². The predicted molar refractivity (Wildman–Crippen MR) is 92.1 cm³/mol. The van der Waals surface area contributed by atoms with Crippen LogP contribution in [0.15, 0.2) is 45.3 Å². The van der Waals surface area contributed by atoms with Crippen LogP contribution in [0.4, 0.5) is 0 Å². The molecule has 0 heterocycles.